The Balaban J connectivity index is 1.96. The van der Waals surface area contributed by atoms with Gasteiger partial charge in [0, 0.05) is 5.69 Å². The zero-order valence-corrected chi connectivity index (χ0v) is 14.1. The fraction of sp³-hybridized carbons (Fsp3) is 0.222. The maximum absolute atomic E-state index is 14.2. The molecule has 4 nitrogen and oxygen atoms in total. The third-order valence-corrected chi connectivity index (χ3v) is 5.08. The fourth-order valence-corrected chi connectivity index (χ4v) is 3.79. The lowest BCUT2D eigenvalue weighted by Gasteiger charge is -2.24. The molecular formula is C18H16FNO3S. The number of esters is 1. The number of methoxy groups -OCH3 is 1. The highest BCUT2D eigenvalue weighted by molar-refractivity contribution is 8.00. The Hall–Kier alpha value is -2.34. The zero-order valence-electron chi connectivity index (χ0n) is 13.3. The molecule has 3 rings (SSSR count). The molecule has 1 atom stereocenters. The average Bonchev–Trinajstić information content (AvgIpc) is 2.96. The lowest BCUT2D eigenvalue weighted by atomic mass is 10.1. The monoisotopic (exact) mass is 345 g/mol. The number of nitrogens with zero attached hydrogens (tertiary/aromatic N) is 1. The molecule has 0 aliphatic carbocycles. The normalized spacial score (nSPS) is 17.2. The maximum atomic E-state index is 14.2. The lowest BCUT2D eigenvalue weighted by molar-refractivity contribution is -0.115. The van der Waals surface area contributed by atoms with Gasteiger partial charge >= 0.3 is 5.97 Å². The van der Waals surface area contributed by atoms with Gasteiger partial charge in [-0.1, -0.05) is 29.8 Å². The SMILES string of the molecule is COC(=O)c1ccc(N2C(=O)CSC2c2ccc(C)cc2)cc1F. The van der Waals surface area contributed by atoms with Crippen molar-refractivity contribution >= 4 is 29.3 Å². The first kappa shape index (κ1) is 16.5. The molecule has 0 N–H and O–H groups in total. The standard InChI is InChI=1S/C18H16FNO3S/c1-11-3-5-12(6-4-11)17-20(16(21)10-24-17)13-7-8-14(15(19)9-13)18(22)23-2/h3-9,17H,10H2,1-2H3. The van der Waals surface area contributed by atoms with Crippen molar-refractivity contribution in [3.05, 3.63) is 65.0 Å². The summed E-state index contributed by atoms with van der Waals surface area (Å²) < 4.78 is 18.7. The van der Waals surface area contributed by atoms with Gasteiger partial charge in [0.2, 0.25) is 5.91 Å². The number of thioether (sulfide) groups is 1. The van der Waals surface area contributed by atoms with Crippen molar-refractivity contribution in [1.82, 2.24) is 0 Å². The molecule has 0 saturated carbocycles. The van der Waals surface area contributed by atoms with E-state index in [-0.39, 0.29) is 16.8 Å². The van der Waals surface area contributed by atoms with E-state index in [4.69, 9.17) is 0 Å². The Labute approximate surface area is 143 Å². The molecule has 0 bridgehead atoms. The predicted molar refractivity (Wildman–Crippen MR) is 91.6 cm³/mol. The molecular weight excluding hydrogens is 329 g/mol. The minimum atomic E-state index is -0.740. The van der Waals surface area contributed by atoms with Crippen molar-refractivity contribution in [2.45, 2.75) is 12.3 Å². The summed E-state index contributed by atoms with van der Waals surface area (Å²) in [4.78, 5) is 25.4. The molecule has 6 heteroatoms. The van der Waals surface area contributed by atoms with Crippen molar-refractivity contribution in [3.63, 3.8) is 0 Å². The molecule has 0 radical (unpaired) electrons. The van der Waals surface area contributed by atoms with Crippen molar-refractivity contribution in [3.8, 4) is 0 Å². The number of hydrogen-bond donors (Lipinski definition) is 0. The summed E-state index contributed by atoms with van der Waals surface area (Å²) in [6.45, 7) is 2.00. The molecule has 1 unspecified atom stereocenters. The first-order valence-electron chi connectivity index (χ1n) is 7.39. The number of halogens is 1. The van der Waals surface area contributed by atoms with Gasteiger partial charge in [-0.05, 0) is 30.7 Å². The predicted octanol–water partition coefficient (Wildman–Crippen LogP) is 3.70. The molecule has 2 aromatic carbocycles. The van der Waals surface area contributed by atoms with Crippen LogP contribution in [0.15, 0.2) is 42.5 Å². The second-order valence-electron chi connectivity index (χ2n) is 5.49. The molecule has 1 fully saturated rings. The molecule has 1 aliphatic heterocycles. The Bertz CT molecular complexity index is 791. The molecule has 124 valence electrons. The Kier molecular flexibility index (Phi) is 4.57. The van der Waals surface area contributed by atoms with Crippen LogP contribution in [0.1, 0.15) is 26.9 Å². The van der Waals surface area contributed by atoms with Gasteiger partial charge in [-0.3, -0.25) is 9.69 Å². The minimum absolute atomic E-state index is 0.0872. The summed E-state index contributed by atoms with van der Waals surface area (Å²) in [6.07, 6.45) is 0. The molecule has 2 aromatic rings. The lowest BCUT2D eigenvalue weighted by Crippen LogP contribution is -2.28. The highest BCUT2D eigenvalue weighted by Crippen LogP contribution is 2.42. The highest BCUT2D eigenvalue weighted by Gasteiger charge is 2.34. The third-order valence-electron chi connectivity index (χ3n) is 3.87. The third kappa shape index (κ3) is 3.01. The quantitative estimate of drug-likeness (QED) is 0.796. The molecule has 1 saturated heterocycles. The van der Waals surface area contributed by atoms with Gasteiger partial charge in [0.15, 0.2) is 0 Å². The maximum Gasteiger partial charge on any atom is 0.340 e. The summed E-state index contributed by atoms with van der Waals surface area (Å²) in [6, 6.07) is 12.0. The molecule has 0 spiro atoms. The van der Waals surface area contributed by atoms with Crippen molar-refractivity contribution in [2.75, 3.05) is 17.8 Å². The van der Waals surface area contributed by atoms with Crippen LogP contribution in [-0.4, -0.2) is 24.7 Å². The number of benzene rings is 2. The highest BCUT2D eigenvalue weighted by atomic mass is 32.2. The first-order valence-corrected chi connectivity index (χ1v) is 8.44. The molecule has 0 aromatic heterocycles. The summed E-state index contributed by atoms with van der Waals surface area (Å²) in [5.41, 5.74) is 2.40. The van der Waals surface area contributed by atoms with Crippen molar-refractivity contribution in [2.24, 2.45) is 0 Å². The van der Waals surface area contributed by atoms with E-state index in [1.807, 2.05) is 31.2 Å². The van der Waals surface area contributed by atoms with Crippen LogP contribution in [0.2, 0.25) is 0 Å². The second kappa shape index (κ2) is 6.65. The largest absolute Gasteiger partial charge is 0.465 e. The number of rotatable bonds is 3. The first-order chi connectivity index (χ1) is 11.5. The van der Waals surface area contributed by atoms with Gasteiger partial charge in [0.25, 0.3) is 0 Å². The van der Waals surface area contributed by atoms with E-state index in [0.717, 1.165) is 11.1 Å². The summed E-state index contributed by atoms with van der Waals surface area (Å²) in [5.74, 6) is -1.20. The Morgan fingerprint density at radius 3 is 2.58 bits per heavy atom. The number of hydrogen-bond acceptors (Lipinski definition) is 4. The zero-order chi connectivity index (χ0) is 17.3. The topological polar surface area (TPSA) is 46.6 Å². The smallest absolute Gasteiger partial charge is 0.340 e. The van der Waals surface area contributed by atoms with Crippen LogP contribution in [-0.2, 0) is 9.53 Å². The average molecular weight is 345 g/mol. The fourth-order valence-electron chi connectivity index (χ4n) is 2.61. The molecule has 24 heavy (non-hydrogen) atoms. The molecule has 1 aliphatic rings. The van der Waals surface area contributed by atoms with Gasteiger partial charge in [0.1, 0.15) is 11.2 Å². The Morgan fingerprint density at radius 1 is 1.25 bits per heavy atom. The van der Waals surface area contributed by atoms with Crippen LogP contribution in [0.5, 0.6) is 0 Å². The van der Waals surface area contributed by atoms with E-state index >= 15 is 0 Å². The van der Waals surface area contributed by atoms with E-state index in [1.54, 1.807) is 11.0 Å². The minimum Gasteiger partial charge on any atom is -0.465 e. The van der Waals surface area contributed by atoms with E-state index in [0.29, 0.717) is 11.4 Å². The number of carbonyl (C=O) groups excluding carboxylic acids is 2. The van der Waals surface area contributed by atoms with E-state index < -0.39 is 11.8 Å². The van der Waals surface area contributed by atoms with Crippen molar-refractivity contribution in [1.29, 1.82) is 0 Å². The van der Waals surface area contributed by atoms with Crippen LogP contribution in [0.3, 0.4) is 0 Å². The number of anilines is 1. The van der Waals surface area contributed by atoms with Gasteiger partial charge in [-0.2, -0.15) is 0 Å². The van der Waals surface area contributed by atoms with Gasteiger partial charge in [-0.25, -0.2) is 9.18 Å². The van der Waals surface area contributed by atoms with Gasteiger partial charge in [0.05, 0.1) is 18.4 Å². The van der Waals surface area contributed by atoms with Crippen LogP contribution >= 0.6 is 11.8 Å². The van der Waals surface area contributed by atoms with E-state index in [9.17, 15) is 14.0 Å². The van der Waals surface area contributed by atoms with Crippen molar-refractivity contribution < 1.29 is 18.7 Å². The summed E-state index contributed by atoms with van der Waals surface area (Å²) in [7, 11) is 1.20. The van der Waals surface area contributed by atoms with Crippen LogP contribution in [0.25, 0.3) is 0 Å². The van der Waals surface area contributed by atoms with Crippen LogP contribution in [0, 0.1) is 12.7 Å². The van der Waals surface area contributed by atoms with Crippen LogP contribution < -0.4 is 4.90 Å². The number of aryl methyl sites for hydroxylation is 1. The number of ether oxygens (including phenoxy) is 1. The molecule has 1 amide bonds. The summed E-state index contributed by atoms with van der Waals surface area (Å²) in [5, 5.41) is -0.207. The van der Waals surface area contributed by atoms with Gasteiger partial charge < -0.3 is 4.74 Å². The summed E-state index contributed by atoms with van der Waals surface area (Å²) >= 11 is 1.50. The number of amides is 1. The van der Waals surface area contributed by atoms with E-state index in [2.05, 4.69) is 4.74 Å². The van der Waals surface area contributed by atoms with Gasteiger partial charge in [-0.15, -0.1) is 11.8 Å². The van der Waals surface area contributed by atoms with E-state index in [1.165, 1.54) is 31.0 Å². The van der Waals surface area contributed by atoms with Crippen LogP contribution in [0.4, 0.5) is 10.1 Å². The molecule has 1 heterocycles. The second-order valence-corrected chi connectivity index (χ2v) is 6.56. The Morgan fingerprint density at radius 2 is 1.96 bits per heavy atom. The number of carbonyl (C=O) groups is 2.